The highest BCUT2D eigenvalue weighted by molar-refractivity contribution is 9.10. The van der Waals surface area contributed by atoms with E-state index < -0.39 is 6.04 Å². The van der Waals surface area contributed by atoms with Gasteiger partial charge in [-0.3, -0.25) is 9.59 Å². The smallest absolute Gasteiger partial charge is 0.261 e. The molecular weight excluding hydrogens is 611 g/mol. The summed E-state index contributed by atoms with van der Waals surface area (Å²) in [4.78, 5) is 28.9. The average Bonchev–Trinajstić information content (AvgIpc) is 2.91. The van der Waals surface area contributed by atoms with Gasteiger partial charge in [0.1, 0.15) is 11.8 Å². The van der Waals surface area contributed by atoms with Crippen molar-refractivity contribution in [3.05, 3.63) is 97.9 Å². The van der Waals surface area contributed by atoms with Crippen LogP contribution in [0.3, 0.4) is 0 Å². The van der Waals surface area contributed by atoms with E-state index in [4.69, 9.17) is 27.9 Å². The second kappa shape index (κ2) is 14.9. The zero-order valence-electron chi connectivity index (χ0n) is 23.5. The first-order valence-corrected chi connectivity index (χ1v) is 15.0. The Bertz CT molecular complexity index is 1300. The summed E-state index contributed by atoms with van der Waals surface area (Å²) in [5.41, 5.74) is 2.83. The molecule has 1 atom stereocenters. The van der Waals surface area contributed by atoms with Crippen LogP contribution in [0.25, 0.3) is 0 Å². The summed E-state index contributed by atoms with van der Waals surface area (Å²) in [5.74, 6) is 0.0358. The molecule has 2 amide bonds. The number of amides is 2. The second-order valence-corrected chi connectivity index (χ2v) is 12.5. The summed E-state index contributed by atoms with van der Waals surface area (Å²) in [6.07, 6.45) is 2.16. The average molecular weight is 648 g/mol. The number of nitrogens with one attached hydrogen (secondary N) is 1. The maximum absolute atomic E-state index is 13.8. The summed E-state index contributed by atoms with van der Waals surface area (Å²) in [7, 11) is 0. The van der Waals surface area contributed by atoms with Gasteiger partial charge in [0, 0.05) is 19.5 Å². The number of benzene rings is 3. The van der Waals surface area contributed by atoms with Crippen LogP contribution in [0.4, 0.5) is 0 Å². The minimum absolute atomic E-state index is 0.0245. The molecule has 0 heterocycles. The molecule has 0 spiro atoms. The predicted molar refractivity (Wildman–Crippen MR) is 167 cm³/mol. The molecule has 3 aromatic carbocycles. The Labute approximate surface area is 256 Å². The fraction of sp³-hybridized carbons (Fsp3) is 0.375. The van der Waals surface area contributed by atoms with Crippen LogP contribution in [0.15, 0.2) is 71.2 Å². The summed E-state index contributed by atoms with van der Waals surface area (Å²) < 4.78 is 6.76. The number of nitrogens with zero attached hydrogens (tertiary/aromatic N) is 1. The number of carbonyl (C=O) groups is 2. The van der Waals surface area contributed by atoms with E-state index in [-0.39, 0.29) is 30.4 Å². The van der Waals surface area contributed by atoms with Crippen molar-refractivity contribution in [2.45, 2.75) is 65.0 Å². The highest BCUT2D eigenvalue weighted by atomic mass is 79.9. The second-order valence-electron chi connectivity index (χ2n) is 10.8. The highest BCUT2D eigenvalue weighted by Crippen LogP contribution is 2.32. The molecule has 0 aromatic heterocycles. The molecule has 40 heavy (non-hydrogen) atoms. The van der Waals surface area contributed by atoms with Gasteiger partial charge in [-0.15, -0.1) is 0 Å². The van der Waals surface area contributed by atoms with Crippen LogP contribution in [-0.2, 0) is 28.0 Å². The normalized spacial score (nSPS) is 12.1. The lowest BCUT2D eigenvalue weighted by Gasteiger charge is -2.31. The minimum Gasteiger partial charge on any atom is -0.483 e. The standard InChI is InChI=1S/C32H37BrCl2N2O3/c1-5-6-16-36-31(39)28(18-22-10-8-7-9-11-22)37(20-23-12-14-26(34)27(35)17-23)30(38)21-40-29-15-13-24(19-25(29)33)32(2,3)4/h7-15,17,19,28H,5-6,16,18,20-21H2,1-4H3,(H,36,39)/t28-/m1/s1. The van der Waals surface area contributed by atoms with E-state index in [1.54, 1.807) is 17.0 Å². The first-order chi connectivity index (χ1) is 19.0. The van der Waals surface area contributed by atoms with E-state index in [0.29, 0.717) is 28.8 Å². The quantitative estimate of drug-likeness (QED) is 0.203. The van der Waals surface area contributed by atoms with Gasteiger partial charge in [-0.05, 0) is 68.7 Å². The van der Waals surface area contributed by atoms with Crippen LogP contribution in [0.2, 0.25) is 10.0 Å². The lowest BCUT2D eigenvalue weighted by Crippen LogP contribution is -2.51. The van der Waals surface area contributed by atoms with E-state index in [0.717, 1.165) is 34.0 Å². The number of hydrogen-bond donors (Lipinski definition) is 1. The van der Waals surface area contributed by atoms with Gasteiger partial charge in [0.25, 0.3) is 5.91 Å². The first-order valence-electron chi connectivity index (χ1n) is 13.5. The molecule has 8 heteroatoms. The number of halogens is 3. The minimum atomic E-state index is -0.753. The molecule has 3 aromatic rings. The zero-order chi connectivity index (χ0) is 29.3. The molecule has 0 bridgehead atoms. The number of unbranched alkanes of at least 4 members (excludes halogenated alkanes) is 1. The summed E-state index contributed by atoms with van der Waals surface area (Å²) >= 11 is 16.0. The van der Waals surface area contributed by atoms with Crippen molar-refractivity contribution >= 4 is 50.9 Å². The third kappa shape index (κ3) is 9.25. The van der Waals surface area contributed by atoms with Crippen LogP contribution in [0.1, 0.15) is 57.2 Å². The van der Waals surface area contributed by atoms with Crippen molar-refractivity contribution in [1.82, 2.24) is 10.2 Å². The van der Waals surface area contributed by atoms with E-state index in [1.165, 1.54) is 0 Å². The molecule has 3 rings (SSSR count). The van der Waals surface area contributed by atoms with Crippen molar-refractivity contribution in [3.8, 4) is 5.75 Å². The highest BCUT2D eigenvalue weighted by Gasteiger charge is 2.31. The van der Waals surface area contributed by atoms with Gasteiger partial charge >= 0.3 is 0 Å². The van der Waals surface area contributed by atoms with E-state index >= 15 is 0 Å². The summed E-state index contributed by atoms with van der Waals surface area (Å²) in [6, 6.07) is 20.0. The third-order valence-corrected chi connectivity index (χ3v) is 7.95. The summed E-state index contributed by atoms with van der Waals surface area (Å²) in [6.45, 7) is 8.95. The van der Waals surface area contributed by atoms with E-state index in [2.05, 4.69) is 48.9 Å². The molecule has 0 fully saturated rings. The summed E-state index contributed by atoms with van der Waals surface area (Å²) in [5, 5.41) is 3.83. The van der Waals surface area contributed by atoms with Crippen molar-refractivity contribution in [2.24, 2.45) is 0 Å². The number of ether oxygens (including phenoxy) is 1. The molecule has 5 nitrogen and oxygen atoms in total. The lowest BCUT2D eigenvalue weighted by atomic mass is 9.87. The van der Waals surface area contributed by atoms with Gasteiger partial charge in [-0.1, -0.05) is 99.8 Å². The van der Waals surface area contributed by atoms with Crippen LogP contribution in [0.5, 0.6) is 5.75 Å². The molecule has 0 aliphatic heterocycles. The number of carbonyl (C=O) groups excluding carboxylic acids is 2. The first kappa shape index (κ1) is 32.0. The van der Waals surface area contributed by atoms with Crippen LogP contribution >= 0.6 is 39.1 Å². The number of hydrogen-bond acceptors (Lipinski definition) is 3. The molecule has 0 aliphatic carbocycles. The van der Waals surface area contributed by atoms with E-state index in [1.807, 2.05) is 54.6 Å². The van der Waals surface area contributed by atoms with Crippen LogP contribution < -0.4 is 10.1 Å². The molecule has 0 saturated carbocycles. The fourth-order valence-corrected chi connectivity index (χ4v) is 5.02. The van der Waals surface area contributed by atoms with E-state index in [9.17, 15) is 9.59 Å². The van der Waals surface area contributed by atoms with Crippen LogP contribution in [0, 0.1) is 0 Å². The van der Waals surface area contributed by atoms with Gasteiger partial charge in [0.15, 0.2) is 6.61 Å². The lowest BCUT2D eigenvalue weighted by molar-refractivity contribution is -0.142. The maximum Gasteiger partial charge on any atom is 0.261 e. The third-order valence-electron chi connectivity index (χ3n) is 6.59. The molecular formula is C32H37BrCl2N2O3. The maximum atomic E-state index is 13.8. The monoisotopic (exact) mass is 646 g/mol. The Morgan fingerprint density at radius 3 is 2.33 bits per heavy atom. The molecule has 214 valence electrons. The molecule has 0 saturated heterocycles. The Kier molecular flexibility index (Phi) is 11.9. The Hall–Kier alpha value is -2.54. The zero-order valence-corrected chi connectivity index (χ0v) is 26.6. The Morgan fingerprint density at radius 1 is 0.975 bits per heavy atom. The van der Waals surface area contributed by atoms with Gasteiger partial charge in [0.2, 0.25) is 5.91 Å². The Balaban J connectivity index is 1.91. The van der Waals surface area contributed by atoms with Gasteiger partial charge in [0.05, 0.1) is 14.5 Å². The number of rotatable bonds is 12. The molecule has 0 radical (unpaired) electrons. The van der Waals surface area contributed by atoms with Crippen molar-refractivity contribution in [1.29, 1.82) is 0 Å². The molecule has 0 aliphatic rings. The molecule has 1 N–H and O–H groups in total. The largest absolute Gasteiger partial charge is 0.483 e. The van der Waals surface area contributed by atoms with Crippen molar-refractivity contribution in [3.63, 3.8) is 0 Å². The van der Waals surface area contributed by atoms with Crippen LogP contribution in [-0.4, -0.2) is 35.9 Å². The van der Waals surface area contributed by atoms with Crippen molar-refractivity contribution < 1.29 is 14.3 Å². The predicted octanol–water partition coefficient (Wildman–Crippen LogP) is 7.99. The van der Waals surface area contributed by atoms with Gasteiger partial charge in [-0.25, -0.2) is 0 Å². The Morgan fingerprint density at radius 2 is 1.70 bits per heavy atom. The SMILES string of the molecule is CCCCNC(=O)[C@@H](Cc1ccccc1)N(Cc1ccc(Cl)c(Cl)c1)C(=O)COc1ccc(C(C)(C)C)cc1Br. The van der Waals surface area contributed by atoms with Gasteiger partial charge in [-0.2, -0.15) is 0 Å². The van der Waals surface area contributed by atoms with Crippen molar-refractivity contribution in [2.75, 3.05) is 13.2 Å². The topological polar surface area (TPSA) is 58.6 Å². The molecule has 0 unspecified atom stereocenters. The van der Waals surface area contributed by atoms with Gasteiger partial charge < -0.3 is 15.0 Å². The fourth-order valence-electron chi connectivity index (χ4n) is 4.20.